The molecule has 2 aromatic rings. The molecule has 3 rings (SSSR count). The highest BCUT2D eigenvalue weighted by atomic mass is 79.9. The van der Waals surface area contributed by atoms with Crippen LogP contribution in [0, 0.1) is 0 Å². The second-order valence-electron chi connectivity index (χ2n) is 5.09. The summed E-state index contributed by atoms with van der Waals surface area (Å²) in [5.74, 6) is 0.136. The summed E-state index contributed by atoms with van der Waals surface area (Å²) in [6.07, 6.45) is 0.998. The van der Waals surface area contributed by atoms with Gasteiger partial charge in [-0.2, -0.15) is 0 Å². The summed E-state index contributed by atoms with van der Waals surface area (Å²) in [5.41, 5.74) is 10.3. The van der Waals surface area contributed by atoms with E-state index in [9.17, 15) is 0 Å². The zero-order valence-corrected chi connectivity index (χ0v) is 13.0. The minimum absolute atomic E-state index is 0.136. The Hall–Kier alpha value is -2.01. The predicted molar refractivity (Wildman–Crippen MR) is 87.8 cm³/mol. The summed E-state index contributed by atoms with van der Waals surface area (Å²) in [6.45, 7) is 1.75. The van der Waals surface area contributed by atoms with Crippen LogP contribution in [-0.2, 0) is 13.0 Å². The van der Waals surface area contributed by atoms with E-state index in [4.69, 9.17) is 10.9 Å². The molecule has 2 aromatic carbocycles. The van der Waals surface area contributed by atoms with Crippen LogP contribution in [0.1, 0.15) is 16.7 Å². The molecule has 0 unspecified atom stereocenters. The van der Waals surface area contributed by atoms with Crippen LogP contribution >= 0.6 is 15.9 Å². The van der Waals surface area contributed by atoms with Gasteiger partial charge in [0, 0.05) is 28.8 Å². The molecule has 1 heterocycles. The average Bonchev–Trinajstić information content (AvgIpc) is 2.53. The van der Waals surface area contributed by atoms with Crippen molar-refractivity contribution in [2.75, 3.05) is 11.4 Å². The Bertz CT molecular complexity index is 700. The van der Waals surface area contributed by atoms with E-state index in [-0.39, 0.29) is 5.84 Å². The quantitative estimate of drug-likeness (QED) is 0.380. The second-order valence-corrected chi connectivity index (χ2v) is 6.00. The summed E-state index contributed by atoms with van der Waals surface area (Å²) < 4.78 is 0.978. The first kappa shape index (κ1) is 13.9. The lowest BCUT2D eigenvalue weighted by Gasteiger charge is -2.32. The smallest absolute Gasteiger partial charge is 0.172 e. The predicted octanol–water partition coefficient (Wildman–Crippen LogP) is 3.11. The molecule has 1 aliphatic rings. The molecule has 108 valence electrons. The average molecular weight is 346 g/mol. The maximum Gasteiger partial charge on any atom is 0.172 e. The maximum atomic E-state index is 8.97. The highest BCUT2D eigenvalue weighted by molar-refractivity contribution is 9.10. The highest BCUT2D eigenvalue weighted by Gasteiger charge is 2.20. The number of nitrogens with zero attached hydrogens (tertiary/aromatic N) is 2. The normalized spacial score (nSPS) is 14.9. The van der Waals surface area contributed by atoms with Crippen LogP contribution in [0.15, 0.2) is 52.1 Å². The molecule has 4 nitrogen and oxygen atoms in total. The summed E-state index contributed by atoms with van der Waals surface area (Å²) in [5, 5.41) is 12.1. The molecule has 0 saturated heterocycles. The molecule has 0 amide bonds. The fourth-order valence-corrected chi connectivity index (χ4v) is 3.09. The standard InChI is InChI=1S/C16H16BrN3O/c17-13-5-6-14(16(18)19-21)15(9-13)20-8-7-11-3-1-2-4-12(11)10-20/h1-6,9,21H,7-8,10H2,(H2,18,19). The van der Waals surface area contributed by atoms with Gasteiger partial charge >= 0.3 is 0 Å². The van der Waals surface area contributed by atoms with Gasteiger partial charge in [-0.25, -0.2) is 0 Å². The first-order chi connectivity index (χ1) is 10.2. The van der Waals surface area contributed by atoms with Gasteiger partial charge in [-0.1, -0.05) is 45.4 Å². The van der Waals surface area contributed by atoms with E-state index in [1.807, 2.05) is 18.2 Å². The lowest BCUT2D eigenvalue weighted by atomic mass is 9.98. The van der Waals surface area contributed by atoms with Gasteiger partial charge in [-0.3, -0.25) is 0 Å². The topological polar surface area (TPSA) is 61.9 Å². The van der Waals surface area contributed by atoms with Gasteiger partial charge in [0.25, 0.3) is 0 Å². The largest absolute Gasteiger partial charge is 0.409 e. The van der Waals surface area contributed by atoms with Crippen LogP contribution in [0.25, 0.3) is 0 Å². The zero-order valence-electron chi connectivity index (χ0n) is 11.5. The van der Waals surface area contributed by atoms with Crippen LogP contribution in [0.5, 0.6) is 0 Å². The van der Waals surface area contributed by atoms with Crippen molar-refractivity contribution in [2.24, 2.45) is 10.9 Å². The molecule has 3 N–H and O–H groups in total. The number of nitrogens with two attached hydrogens (primary N) is 1. The Balaban J connectivity index is 2.00. The molecule has 0 spiro atoms. The third-order valence-corrected chi connectivity index (χ3v) is 4.31. The SMILES string of the molecule is N/C(=N/O)c1ccc(Br)cc1N1CCc2ccccc2C1. The molecule has 0 bridgehead atoms. The van der Waals surface area contributed by atoms with E-state index in [0.29, 0.717) is 0 Å². The Morgan fingerprint density at radius 2 is 1.95 bits per heavy atom. The highest BCUT2D eigenvalue weighted by Crippen LogP contribution is 2.29. The van der Waals surface area contributed by atoms with Crippen LogP contribution in [-0.4, -0.2) is 17.6 Å². The number of benzene rings is 2. The van der Waals surface area contributed by atoms with E-state index in [1.54, 1.807) is 0 Å². The van der Waals surface area contributed by atoms with E-state index >= 15 is 0 Å². The number of oxime groups is 1. The number of hydrogen-bond acceptors (Lipinski definition) is 3. The third kappa shape index (κ3) is 2.74. The molecule has 0 aromatic heterocycles. The summed E-state index contributed by atoms with van der Waals surface area (Å²) in [7, 11) is 0. The Morgan fingerprint density at radius 3 is 2.71 bits per heavy atom. The van der Waals surface area contributed by atoms with Gasteiger partial charge in [0.1, 0.15) is 0 Å². The fourth-order valence-electron chi connectivity index (χ4n) is 2.74. The van der Waals surface area contributed by atoms with Crippen molar-refractivity contribution in [3.63, 3.8) is 0 Å². The van der Waals surface area contributed by atoms with Crippen LogP contribution < -0.4 is 10.6 Å². The minimum atomic E-state index is 0.136. The van der Waals surface area contributed by atoms with Gasteiger partial charge in [-0.05, 0) is 35.7 Å². The number of anilines is 1. The van der Waals surface area contributed by atoms with Crippen molar-refractivity contribution in [2.45, 2.75) is 13.0 Å². The second kappa shape index (κ2) is 5.77. The van der Waals surface area contributed by atoms with Crippen molar-refractivity contribution in [1.29, 1.82) is 0 Å². The first-order valence-electron chi connectivity index (χ1n) is 6.78. The van der Waals surface area contributed by atoms with Crippen LogP contribution in [0.3, 0.4) is 0 Å². The Morgan fingerprint density at radius 1 is 1.19 bits per heavy atom. The van der Waals surface area contributed by atoms with Crippen LogP contribution in [0.2, 0.25) is 0 Å². The van der Waals surface area contributed by atoms with Gasteiger partial charge in [0.05, 0.1) is 0 Å². The minimum Gasteiger partial charge on any atom is -0.409 e. The molecule has 0 radical (unpaired) electrons. The van der Waals surface area contributed by atoms with E-state index in [1.165, 1.54) is 11.1 Å². The fraction of sp³-hybridized carbons (Fsp3) is 0.188. The zero-order chi connectivity index (χ0) is 14.8. The molecule has 0 atom stereocenters. The maximum absolute atomic E-state index is 8.97. The lowest BCUT2D eigenvalue weighted by Crippen LogP contribution is -2.32. The number of fused-ring (bicyclic) bond motifs is 1. The summed E-state index contributed by atoms with van der Waals surface area (Å²) >= 11 is 3.50. The number of rotatable bonds is 2. The molecule has 0 aliphatic carbocycles. The number of halogens is 1. The molecule has 1 aliphatic heterocycles. The Kier molecular flexibility index (Phi) is 3.84. The number of hydrogen-bond donors (Lipinski definition) is 2. The monoisotopic (exact) mass is 345 g/mol. The van der Waals surface area contributed by atoms with E-state index < -0.39 is 0 Å². The van der Waals surface area contributed by atoms with Crippen molar-refractivity contribution in [3.8, 4) is 0 Å². The van der Waals surface area contributed by atoms with Crippen molar-refractivity contribution in [3.05, 3.63) is 63.6 Å². The van der Waals surface area contributed by atoms with Crippen molar-refractivity contribution in [1.82, 2.24) is 0 Å². The molecule has 0 fully saturated rings. The molecule has 21 heavy (non-hydrogen) atoms. The molecule has 0 saturated carbocycles. The molecular weight excluding hydrogens is 330 g/mol. The summed E-state index contributed by atoms with van der Waals surface area (Å²) in [6, 6.07) is 14.3. The van der Waals surface area contributed by atoms with Crippen molar-refractivity contribution >= 4 is 27.5 Å². The van der Waals surface area contributed by atoms with Crippen molar-refractivity contribution < 1.29 is 5.21 Å². The third-order valence-electron chi connectivity index (χ3n) is 3.81. The van der Waals surface area contributed by atoms with Crippen LogP contribution in [0.4, 0.5) is 5.69 Å². The first-order valence-corrected chi connectivity index (χ1v) is 7.57. The van der Waals surface area contributed by atoms with Gasteiger partial charge in [0.2, 0.25) is 0 Å². The van der Waals surface area contributed by atoms with Gasteiger partial charge in [0.15, 0.2) is 5.84 Å². The Labute approximate surface area is 132 Å². The van der Waals surface area contributed by atoms with E-state index in [2.05, 4.69) is 50.3 Å². The summed E-state index contributed by atoms with van der Waals surface area (Å²) in [4.78, 5) is 2.26. The van der Waals surface area contributed by atoms with E-state index in [0.717, 1.165) is 35.2 Å². The van der Waals surface area contributed by atoms with Gasteiger partial charge < -0.3 is 15.8 Å². The number of amidine groups is 1. The molecule has 5 heteroatoms. The molecular formula is C16H16BrN3O. The lowest BCUT2D eigenvalue weighted by molar-refractivity contribution is 0.318. The van der Waals surface area contributed by atoms with Gasteiger partial charge in [-0.15, -0.1) is 0 Å².